The molecule has 1 aromatic heterocycles. The van der Waals surface area contributed by atoms with Crippen molar-refractivity contribution < 1.29 is 4.74 Å². The van der Waals surface area contributed by atoms with Crippen LogP contribution in [0.3, 0.4) is 0 Å². The normalized spacial score (nSPS) is 13.0. The molecule has 0 fully saturated rings. The number of hydrogen-bond acceptors (Lipinski definition) is 3. The van der Waals surface area contributed by atoms with Crippen LogP contribution in [0.1, 0.15) is 30.7 Å². The zero-order valence-electron chi connectivity index (χ0n) is 9.25. The van der Waals surface area contributed by atoms with Crippen molar-refractivity contribution in [2.75, 3.05) is 20.3 Å². The van der Waals surface area contributed by atoms with E-state index in [4.69, 9.17) is 4.74 Å². The molecule has 0 aromatic carbocycles. The first kappa shape index (κ1) is 13.2. The molecule has 1 heterocycles. The van der Waals surface area contributed by atoms with E-state index in [9.17, 15) is 0 Å². The minimum atomic E-state index is 0.474. The number of ether oxygens (including phenoxy) is 1. The predicted molar refractivity (Wildman–Crippen MR) is 69.5 cm³/mol. The molecule has 4 heteroatoms. The zero-order chi connectivity index (χ0) is 11.1. The molecular weight excluding hydrogens is 274 g/mol. The summed E-state index contributed by atoms with van der Waals surface area (Å²) < 4.78 is 6.26. The summed E-state index contributed by atoms with van der Waals surface area (Å²) in [6.07, 6.45) is 2.23. The second kappa shape index (κ2) is 7.39. The van der Waals surface area contributed by atoms with Gasteiger partial charge in [0.15, 0.2) is 0 Å². The molecular formula is C11H18BrNOS. The van der Waals surface area contributed by atoms with Crippen LogP contribution in [0.5, 0.6) is 0 Å². The Morgan fingerprint density at radius 3 is 2.93 bits per heavy atom. The molecule has 0 radical (unpaired) electrons. The van der Waals surface area contributed by atoms with Gasteiger partial charge in [0.2, 0.25) is 0 Å². The van der Waals surface area contributed by atoms with Crippen LogP contribution in [-0.4, -0.2) is 20.3 Å². The van der Waals surface area contributed by atoms with E-state index in [1.807, 2.05) is 0 Å². The highest BCUT2D eigenvalue weighted by atomic mass is 79.9. The summed E-state index contributed by atoms with van der Waals surface area (Å²) in [5, 5.41) is 5.64. The van der Waals surface area contributed by atoms with Crippen LogP contribution in [0.4, 0.5) is 0 Å². The second-order valence-electron chi connectivity index (χ2n) is 3.41. The standard InChI is InChI=1S/C11H18BrNOS/c1-3-13-10(5-4-6-14-2)11-7-9(12)8-15-11/h7-8,10,13H,3-6H2,1-2H3. The van der Waals surface area contributed by atoms with Gasteiger partial charge >= 0.3 is 0 Å². The van der Waals surface area contributed by atoms with Gasteiger partial charge in [-0.2, -0.15) is 0 Å². The van der Waals surface area contributed by atoms with Crippen LogP contribution in [0.25, 0.3) is 0 Å². The minimum Gasteiger partial charge on any atom is -0.385 e. The Labute approximate surface area is 104 Å². The van der Waals surface area contributed by atoms with Crippen LogP contribution < -0.4 is 5.32 Å². The molecule has 1 atom stereocenters. The minimum absolute atomic E-state index is 0.474. The van der Waals surface area contributed by atoms with Crippen molar-refractivity contribution in [1.82, 2.24) is 5.32 Å². The Kier molecular flexibility index (Phi) is 6.48. The van der Waals surface area contributed by atoms with Crippen molar-refractivity contribution in [3.05, 3.63) is 20.8 Å². The third-order valence-electron chi connectivity index (χ3n) is 2.22. The second-order valence-corrected chi connectivity index (χ2v) is 5.27. The first-order valence-electron chi connectivity index (χ1n) is 5.24. The van der Waals surface area contributed by atoms with E-state index in [0.717, 1.165) is 26.0 Å². The van der Waals surface area contributed by atoms with Gasteiger partial charge in [-0.1, -0.05) is 6.92 Å². The summed E-state index contributed by atoms with van der Waals surface area (Å²) in [4.78, 5) is 1.40. The molecule has 2 nitrogen and oxygen atoms in total. The fourth-order valence-corrected chi connectivity index (χ4v) is 3.09. The van der Waals surface area contributed by atoms with E-state index in [1.54, 1.807) is 18.4 Å². The Hall–Kier alpha value is 0.1000. The topological polar surface area (TPSA) is 21.3 Å². The Bertz CT molecular complexity index is 277. The fraction of sp³-hybridized carbons (Fsp3) is 0.636. The van der Waals surface area contributed by atoms with Crippen molar-refractivity contribution >= 4 is 27.3 Å². The van der Waals surface area contributed by atoms with E-state index in [-0.39, 0.29) is 0 Å². The molecule has 0 saturated carbocycles. The predicted octanol–water partition coefficient (Wildman–Crippen LogP) is 3.59. The molecule has 1 N–H and O–H groups in total. The smallest absolute Gasteiger partial charge is 0.0462 e. The first-order valence-corrected chi connectivity index (χ1v) is 6.91. The molecule has 15 heavy (non-hydrogen) atoms. The van der Waals surface area contributed by atoms with Crippen molar-refractivity contribution in [2.45, 2.75) is 25.8 Å². The van der Waals surface area contributed by atoms with Crippen LogP contribution in [0.2, 0.25) is 0 Å². The highest BCUT2D eigenvalue weighted by molar-refractivity contribution is 9.10. The van der Waals surface area contributed by atoms with Gasteiger partial charge in [-0.25, -0.2) is 0 Å². The highest BCUT2D eigenvalue weighted by Crippen LogP contribution is 2.28. The van der Waals surface area contributed by atoms with Gasteiger partial charge in [0.1, 0.15) is 0 Å². The van der Waals surface area contributed by atoms with Crippen molar-refractivity contribution in [3.63, 3.8) is 0 Å². The van der Waals surface area contributed by atoms with E-state index in [1.165, 1.54) is 9.35 Å². The molecule has 0 aliphatic rings. The molecule has 0 aliphatic heterocycles. The number of halogens is 1. The lowest BCUT2D eigenvalue weighted by molar-refractivity contribution is 0.189. The number of nitrogens with one attached hydrogen (secondary N) is 1. The molecule has 1 rings (SSSR count). The Balaban J connectivity index is 2.49. The summed E-state index contributed by atoms with van der Waals surface area (Å²) in [7, 11) is 1.75. The maximum atomic E-state index is 5.08. The largest absolute Gasteiger partial charge is 0.385 e. The first-order chi connectivity index (χ1) is 7.27. The number of hydrogen-bond donors (Lipinski definition) is 1. The van der Waals surface area contributed by atoms with Gasteiger partial charge in [0, 0.05) is 34.5 Å². The van der Waals surface area contributed by atoms with Crippen molar-refractivity contribution in [3.8, 4) is 0 Å². The lowest BCUT2D eigenvalue weighted by Crippen LogP contribution is -2.20. The van der Waals surface area contributed by atoms with Crippen LogP contribution in [-0.2, 0) is 4.74 Å². The monoisotopic (exact) mass is 291 g/mol. The third kappa shape index (κ3) is 4.64. The average molecular weight is 292 g/mol. The SMILES string of the molecule is CCNC(CCCOC)c1cc(Br)cs1. The van der Waals surface area contributed by atoms with E-state index in [2.05, 4.69) is 39.6 Å². The van der Waals surface area contributed by atoms with Crippen molar-refractivity contribution in [2.24, 2.45) is 0 Å². The highest BCUT2D eigenvalue weighted by Gasteiger charge is 2.11. The summed E-state index contributed by atoms with van der Waals surface area (Å²) in [6, 6.07) is 2.67. The van der Waals surface area contributed by atoms with Gasteiger partial charge < -0.3 is 10.1 Å². The summed E-state index contributed by atoms with van der Waals surface area (Å²) in [5.41, 5.74) is 0. The number of thiophene rings is 1. The van der Waals surface area contributed by atoms with Gasteiger partial charge in [0.25, 0.3) is 0 Å². The van der Waals surface area contributed by atoms with Gasteiger partial charge in [0.05, 0.1) is 0 Å². The maximum absolute atomic E-state index is 5.08. The molecule has 0 bridgehead atoms. The lowest BCUT2D eigenvalue weighted by atomic mass is 10.1. The summed E-state index contributed by atoms with van der Waals surface area (Å²) in [6.45, 7) is 3.99. The molecule has 86 valence electrons. The lowest BCUT2D eigenvalue weighted by Gasteiger charge is -2.15. The third-order valence-corrected chi connectivity index (χ3v) is 4.03. The van der Waals surface area contributed by atoms with Crippen LogP contribution >= 0.6 is 27.3 Å². The molecule has 0 spiro atoms. The zero-order valence-corrected chi connectivity index (χ0v) is 11.7. The molecule has 1 unspecified atom stereocenters. The van der Waals surface area contributed by atoms with Crippen LogP contribution in [0, 0.1) is 0 Å². The molecule has 0 aliphatic carbocycles. The molecule has 0 saturated heterocycles. The van der Waals surface area contributed by atoms with Gasteiger partial charge in [-0.15, -0.1) is 11.3 Å². The molecule has 0 amide bonds. The number of rotatable bonds is 7. The van der Waals surface area contributed by atoms with Crippen molar-refractivity contribution in [1.29, 1.82) is 0 Å². The maximum Gasteiger partial charge on any atom is 0.0462 e. The quantitative estimate of drug-likeness (QED) is 0.775. The van der Waals surface area contributed by atoms with Gasteiger partial charge in [-0.05, 0) is 41.4 Å². The summed E-state index contributed by atoms with van der Waals surface area (Å²) in [5.74, 6) is 0. The van der Waals surface area contributed by atoms with E-state index < -0.39 is 0 Å². The average Bonchev–Trinajstić information content (AvgIpc) is 2.64. The summed E-state index contributed by atoms with van der Waals surface area (Å²) >= 11 is 5.30. The molecule has 1 aromatic rings. The van der Waals surface area contributed by atoms with E-state index >= 15 is 0 Å². The van der Waals surface area contributed by atoms with Crippen LogP contribution in [0.15, 0.2) is 15.9 Å². The van der Waals surface area contributed by atoms with E-state index in [0.29, 0.717) is 6.04 Å². The number of methoxy groups -OCH3 is 1. The fourth-order valence-electron chi connectivity index (χ4n) is 1.53. The Morgan fingerprint density at radius 1 is 1.60 bits per heavy atom. The van der Waals surface area contributed by atoms with Gasteiger partial charge in [-0.3, -0.25) is 0 Å². The Morgan fingerprint density at radius 2 is 2.40 bits per heavy atom.